The summed E-state index contributed by atoms with van der Waals surface area (Å²) in [7, 11) is 0. The lowest BCUT2D eigenvalue weighted by Crippen LogP contribution is -2.34. The van der Waals surface area contributed by atoms with E-state index in [0.29, 0.717) is 5.84 Å². The Balaban J connectivity index is 1.11. The molecule has 1 atom stereocenters. The third kappa shape index (κ3) is 4.81. The van der Waals surface area contributed by atoms with Gasteiger partial charge in [0.15, 0.2) is 5.84 Å². The lowest BCUT2D eigenvalue weighted by atomic mass is 9.91. The Morgan fingerprint density at radius 1 is 0.429 bits per heavy atom. The summed E-state index contributed by atoms with van der Waals surface area (Å²) >= 11 is 0. The van der Waals surface area contributed by atoms with Crippen LogP contribution in [-0.4, -0.2) is 11.7 Å². The van der Waals surface area contributed by atoms with Crippen molar-refractivity contribution in [3.05, 3.63) is 193 Å². The van der Waals surface area contributed by atoms with Crippen molar-refractivity contribution in [2.75, 3.05) is 0 Å². The Bertz CT molecular complexity index is 3480. The number of fused-ring (bicyclic) bond motifs is 10. The third-order valence-corrected chi connectivity index (χ3v) is 11.3. The first-order chi connectivity index (χ1) is 27.7. The molecule has 0 fully saturated rings. The fourth-order valence-corrected chi connectivity index (χ4v) is 8.59. The molecular formula is C51H31N3O2. The van der Waals surface area contributed by atoms with E-state index >= 15 is 0 Å². The molecule has 3 heterocycles. The number of amidine groups is 2. The number of aliphatic imine (C=N–C) groups is 2. The van der Waals surface area contributed by atoms with Crippen LogP contribution < -0.4 is 5.32 Å². The molecule has 1 aliphatic heterocycles. The van der Waals surface area contributed by atoms with Crippen LogP contribution in [0.4, 0.5) is 0 Å². The van der Waals surface area contributed by atoms with Crippen LogP contribution in [0.1, 0.15) is 22.9 Å². The van der Waals surface area contributed by atoms with E-state index in [1.165, 1.54) is 26.9 Å². The maximum Gasteiger partial charge on any atom is 0.159 e. The third-order valence-electron chi connectivity index (χ3n) is 11.3. The van der Waals surface area contributed by atoms with Crippen molar-refractivity contribution in [1.29, 1.82) is 0 Å². The summed E-state index contributed by atoms with van der Waals surface area (Å²) < 4.78 is 12.9. The molecule has 0 radical (unpaired) electrons. The van der Waals surface area contributed by atoms with Crippen LogP contribution in [-0.2, 0) is 0 Å². The SMILES string of the molecule is c1ccc2cc(C3=NC(c4ccc5c(c4)oc4ccccc45)NC(c4c(-c5ccc6ccc7ccccc7c6c5)ccc5oc6ccccc6c45)=N3)ccc2c1. The number of para-hydroxylation sites is 2. The molecule has 2 aromatic heterocycles. The Morgan fingerprint density at radius 2 is 1.07 bits per heavy atom. The van der Waals surface area contributed by atoms with Crippen LogP contribution >= 0.6 is 0 Å². The minimum atomic E-state index is -0.455. The molecule has 0 saturated heterocycles. The first-order valence-electron chi connectivity index (χ1n) is 18.9. The van der Waals surface area contributed by atoms with Gasteiger partial charge in [-0.15, -0.1) is 0 Å². The van der Waals surface area contributed by atoms with Crippen molar-refractivity contribution in [2.45, 2.75) is 6.17 Å². The fourth-order valence-electron chi connectivity index (χ4n) is 8.59. The van der Waals surface area contributed by atoms with E-state index in [9.17, 15) is 0 Å². The summed E-state index contributed by atoms with van der Waals surface area (Å²) in [4.78, 5) is 10.8. The van der Waals surface area contributed by atoms with Gasteiger partial charge in [0.25, 0.3) is 0 Å². The van der Waals surface area contributed by atoms with Gasteiger partial charge in [0.05, 0.1) is 0 Å². The van der Waals surface area contributed by atoms with Crippen LogP contribution in [0.5, 0.6) is 0 Å². The van der Waals surface area contributed by atoms with Crippen LogP contribution in [0.15, 0.2) is 195 Å². The molecule has 56 heavy (non-hydrogen) atoms. The summed E-state index contributed by atoms with van der Waals surface area (Å²) in [6, 6.07) is 61.7. The van der Waals surface area contributed by atoms with Gasteiger partial charge < -0.3 is 14.2 Å². The van der Waals surface area contributed by atoms with Gasteiger partial charge in [0, 0.05) is 38.2 Å². The van der Waals surface area contributed by atoms with Crippen LogP contribution in [0.25, 0.3) is 87.3 Å². The first kappa shape index (κ1) is 30.9. The molecule has 262 valence electrons. The van der Waals surface area contributed by atoms with E-state index in [1.807, 2.05) is 30.3 Å². The van der Waals surface area contributed by atoms with Crippen LogP contribution in [0.2, 0.25) is 0 Å². The molecule has 1 unspecified atom stereocenters. The standard InChI is InChI=1S/C51H31N3O2/c1-2-11-33-27-35(22-17-30(33)9-1)49-52-50(36-23-24-40-39-13-5-7-15-43(39)56-46(40)29-36)54-51(53-49)48-38(25-26-45-47(48)41-14-6-8-16-44(41)55-45)34-21-20-32-19-18-31-10-3-4-12-37(31)42(32)28-34/h1-29,50H,(H,52,53,54). The monoisotopic (exact) mass is 717 g/mol. The minimum absolute atomic E-state index is 0.455. The zero-order chi connectivity index (χ0) is 36.7. The van der Waals surface area contributed by atoms with E-state index in [1.54, 1.807) is 0 Å². The van der Waals surface area contributed by atoms with Crippen molar-refractivity contribution < 1.29 is 8.83 Å². The van der Waals surface area contributed by atoms with Crippen LogP contribution in [0, 0.1) is 0 Å². The second-order valence-corrected chi connectivity index (χ2v) is 14.6. The van der Waals surface area contributed by atoms with Gasteiger partial charge in [0.2, 0.25) is 0 Å². The number of benzene rings is 9. The summed E-state index contributed by atoms with van der Waals surface area (Å²) in [6.07, 6.45) is -0.455. The molecule has 12 rings (SSSR count). The van der Waals surface area contributed by atoms with Gasteiger partial charge in [-0.1, -0.05) is 133 Å². The number of nitrogens with zero attached hydrogens (tertiary/aromatic N) is 2. The number of hydrogen-bond donors (Lipinski definition) is 1. The van der Waals surface area contributed by atoms with Gasteiger partial charge in [0.1, 0.15) is 34.3 Å². The smallest absolute Gasteiger partial charge is 0.159 e. The zero-order valence-corrected chi connectivity index (χ0v) is 30.0. The molecule has 5 heteroatoms. The predicted octanol–water partition coefficient (Wildman–Crippen LogP) is 13.1. The van der Waals surface area contributed by atoms with E-state index in [-0.39, 0.29) is 0 Å². The molecule has 0 amide bonds. The molecule has 0 spiro atoms. The van der Waals surface area contributed by atoms with Crippen molar-refractivity contribution >= 4 is 87.9 Å². The lowest BCUT2D eigenvalue weighted by molar-refractivity contribution is 0.655. The fraction of sp³-hybridized carbons (Fsp3) is 0.0196. The van der Waals surface area contributed by atoms with Gasteiger partial charge in [-0.2, -0.15) is 0 Å². The molecule has 0 bridgehead atoms. The van der Waals surface area contributed by atoms with Crippen LogP contribution in [0.3, 0.4) is 0 Å². The second kappa shape index (κ2) is 12.0. The van der Waals surface area contributed by atoms with Gasteiger partial charge >= 0.3 is 0 Å². The van der Waals surface area contributed by atoms with E-state index in [4.69, 9.17) is 18.8 Å². The average Bonchev–Trinajstić information content (AvgIpc) is 3.83. The maximum absolute atomic E-state index is 6.53. The number of furan rings is 2. The van der Waals surface area contributed by atoms with Gasteiger partial charge in [-0.25, -0.2) is 9.98 Å². The Labute approximate surface area is 320 Å². The minimum Gasteiger partial charge on any atom is -0.456 e. The van der Waals surface area contributed by atoms with E-state index in [0.717, 1.165) is 82.9 Å². The molecule has 0 aliphatic carbocycles. The summed E-state index contributed by atoms with van der Waals surface area (Å²) in [5, 5.41) is 15.2. The maximum atomic E-state index is 6.53. The first-order valence-corrected chi connectivity index (χ1v) is 18.9. The molecular weight excluding hydrogens is 687 g/mol. The second-order valence-electron chi connectivity index (χ2n) is 14.6. The highest BCUT2D eigenvalue weighted by atomic mass is 16.3. The number of hydrogen-bond acceptors (Lipinski definition) is 5. The molecule has 0 saturated carbocycles. The van der Waals surface area contributed by atoms with E-state index < -0.39 is 6.17 Å². The van der Waals surface area contributed by atoms with Crippen molar-refractivity contribution in [3.63, 3.8) is 0 Å². The predicted molar refractivity (Wildman–Crippen MR) is 231 cm³/mol. The highest BCUT2D eigenvalue weighted by Crippen LogP contribution is 2.40. The summed E-state index contributed by atoms with van der Waals surface area (Å²) in [6.45, 7) is 0. The highest BCUT2D eigenvalue weighted by Gasteiger charge is 2.27. The van der Waals surface area contributed by atoms with Gasteiger partial charge in [-0.05, 0) is 85.9 Å². The average molecular weight is 718 g/mol. The quantitative estimate of drug-likeness (QED) is 0.184. The number of rotatable bonds is 4. The zero-order valence-electron chi connectivity index (χ0n) is 30.0. The van der Waals surface area contributed by atoms with Crippen molar-refractivity contribution in [1.82, 2.24) is 5.32 Å². The summed E-state index contributed by atoms with van der Waals surface area (Å²) in [5.41, 5.74) is 8.36. The Hall–Kier alpha value is -7.50. The molecule has 9 aromatic carbocycles. The summed E-state index contributed by atoms with van der Waals surface area (Å²) in [5.74, 6) is 1.38. The molecule has 1 N–H and O–H groups in total. The highest BCUT2D eigenvalue weighted by molar-refractivity contribution is 6.25. The molecule has 5 nitrogen and oxygen atoms in total. The number of nitrogens with one attached hydrogen (secondary N) is 1. The normalized spacial score (nSPS) is 14.6. The topological polar surface area (TPSA) is 63.0 Å². The molecule has 11 aromatic rings. The van der Waals surface area contributed by atoms with Crippen molar-refractivity contribution in [3.8, 4) is 11.1 Å². The van der Waals surface area contributed by atoms with Crippen molar-refractivity contribution in [2.24, 2.45) is 9.98 Å². The molecule has 1 aliphatic rings. The van der Waals surface area contributed by atoms with E-state index in [2.05, 4.69) is 151 Å². The lowest BCUT2D eigenvalue weighted by Gasteiger charge is -2.25. The van der Waals surface area contributed by atoms with Gasteiger partial charge in [-0.3, -0.25) is 0 Å². The Morgan fingerprint density at radius 3 is 1.95 bits per heavy atom. The Kier molecular flexibility index (Phi) is 6.63. The largest absolute Gasteiger partial charge is 0.456 e.